The zero-order valence-electron chi connectivity index (χ0n) is 7.50. The monoisotopic (exact) mass is 164 g/mol. The van der Waals surface area contributed by atoms with Gasteiger partial charge in [-0.3, -0.25) is 5.10 Å². The molecule has 0 unspecified atom stereocenters. The second-order valence-corrected chi connectivity index (χ2v) is 3.28. The van der Waals surface area contributed by atoms with Gasteiger partial charge in [0.2, 0.25) is 0 Å². The van der Waals surface area contributed by atoms with Crippen LogP contribution in [0.4, 0.5) is 0 Å². The second kappa shape index (κ2) is 2.33. The van der Waals surface area contributed by atoms with E-state index in [-0.39, 0.29) is 0 Å². The number of hydrogen-bond acceptors (Lipinski definition) is 2. The van der Waals surface area contributed by atoms with Crippen LogP contribution in [0, 0.1) is 6.92 Å². The predicted octanol–water partition coefficient (Wildman–Crippen LogP) is 1.49. The van der Waals surface area contributed by atoms with E-state index in [1.807, 2.05) is 17.6 Å². The number of fused-ring (bicyclic) bond motifs is 1. The zero-order chi connectivity index (χ0) is 8.72. The Bertz CT molecular complexity index is 396. The van der Waals surface area contributed by atoms with Gasteiger partial charge in [-0.05, 0) is 12.8 Å². The highest BCUT2D eigenvalue weighted by Crippen LogP contribution is 2.14. The van der Waals surface area contributed by atoms with Crippen LogP contribution in [0.25, 0.3) is 5.78 Å². The van der Waals surface area contributed by atoms with Crippen molar-refractivity contribution in [3.63, 3.8) is 0 Å². The Morgan fingerprint density at radius 1 is 1.50 bits per heavy atom. The van der Waals surface area contributed by atoms with E-state index in [1.54, 1.807) is 0 Å². The molecule has 4 nitrogen and oxygen atoms in total. The fourth-order valence-electron chi connectivity index (χ4n) is 1.29. The molecule has 0 aliphatic rings. The molecule has 1 N–H and O–H groups in total. The van der Waals surface area contributed by atoms with E-state index in [9.17, 15) is 0 Å². The van der Waals surface area contributed by atoms with Crippen molar-refractivity contribution in [2.24, 2.45) is 0 Å². The fraction of sp³-hybridized carbons (Fsp3) is 0.500. The minimum atomic E-state index is 0.472. The number of imidazole rings is 1. The summed E-state index contributed by atoms with van der Waals surface area (Å²) < 4.78 is 1.93. The molecule has 0 fully saturated rings. The van der Waals surface area contributed by atoms with E-state index < -0.39 is 0 Å². The van der Waals surface area contributed by atoms with E-state index in [1.165, 1.54) is 5.69 Å². The van der Waals surface area contributed by atoms with Gasteiger partial charge < -0.3 is 0 Å². The molecule has 2 aromatic heterocycles. The number of nitrogens with one attached hydrogen (secondary N) is 1. The van der Waals surface area contributed by atoms with Crippen molar-refractivity contribution in [2.75, 3.05) is 0 Å². The average Bonchev–Trinajstić information content (AvgIpc) is 2.43. The summed E-state index contributed by atoms with van der Waals surface area (Å²) in [5.74, 6) is 2.14. The molecule has 0 bridgehead atoms. The van der Waals surface area contributed by atoms with Crippen LogP contribution in [-0.4, -0.2) is 19.6 Å². The Hall–Kier alpha value is -1.32. The molecule has 64 valence electrons. The topological polar surface area (TPSA) is 46.0 Å². The van der Waals surface area contributed by atoms with Crippen LogP contribution in [-0.2, 0) is 0 Å². The molecule has 0 aliphatic heterocycles. The van der Waals surface area contributed by atoms with E-state index >= 15 is 0 Å². The minimum Gasteiger partial charge on any atom is -0.278 e. The Labute approximate surface area is 70.6 Å². The summed E-state index contributed by atoms with van der Waals surface area (Å²) >= 11 is 0. The number of aryl methyl sites for hydroxylation is 1. The molecule has 12 heavy (non-hydrogen) atoms. The van der Waals surface area contributed by atoms with E-state index in [0.29, 0.717) is 5.92 Å². The lowest BCUT2D eigenvalue weighted by molar-refractivity contribution is 0.762. The third-order valence-corrected chi connectivity index (χ3v) is 1.90. The molecule has 0 saturated carbocycles. The number of H-pyrrole nitrogens is 1. The molecule has 4 heteroatoms. The van der Waals surface area contributed by atoms with Crippen LogP contribution in [0.15, 0.2) is 6.20 Å². The Balaban J connectivity index is 2.68. The fourth-order valence-corrected chi connectivity index (χ4v) is 1.29. The van der Waals surface area contributed by atoms with Crippen molar-refractivity contribution in [1.82, 2.24) is 19.6 Å². The van der Waals surface area contributed by atoms with E-state index in [0.717, 1.165) is 11.6 Å². The summed E-state index contributed by atoms with van der Waals surface area (Å²) in [5.41, 5.74) is 1.17. The molecule has 0 radical (unpaired) electrons. The number of rotatable bonds is 1. The van der Waals surface area contributed by atoms with E-state index in [4.69, 9.17) is 0 Å². The second-order valence-electron chi connectivity index (χ2n) is 3.28. The molecule has 2 rings (SSSR count). The first-order chi connectivity index (χ1) is 5.68. The third-order valence-electron chi connectivity index (χ3n) is 1.90. The Kier molecular flexibility index (Phi) is 1.43. The number of nitrogens with zero attached hydrogens (tertiary/aromatic N) is 3. The molecular weight excluding hydrogens is 152 g/mol. The molecule has 0 atom stereocenters. The third kappa shape index (κ3) is 0.913. The number of aromatic nitrogens is 4. The van der Waals surface area contributed by atoms with Gasteiger partial charge in [-0.2, -0.15) is 4.98 Å². The molecule has 2 aromatic rings. The number of hydrogen-bond donors (Lipinski definition) is 1. The van der Waals surface area contributed by atoms with Crippen LogP contribution < -0.4 is 0 Å². The maximum atomic E-state index is 4.21. The highest BCUT2D eigenvalue weighted by molar-refractivity contribution is 5.30. The van der Waals surface area contributed by atoms with Crippen LogP contribution in [0.3, 0.4) is 0 Å². The first-order valence-corrected chi connectivity index (χ1v) is 4.08. The molecule has 0 saturated heterocycles. The normalized spacial score (nSPS) is 11.7. The van der Waals surface area contributed by atoms with Crippen molar-refractivity contribution in [3.8, 4) is 0 Å². The summed E-state index contributed by atoms with van der Waals surface area (Å²) in [7, 11) is 0. The van der Waals surface area contributed by atoms with Crippen LogP contribution in [0.5, 0.6) is 0 Å². The van der Waals surface area contributed by atoms with Crippen LogP contribution in [0.2, 0.25) is 0 Å². The predicted molar refractivity (Wildman–Crippen MR) is 46.2 cm³/mol. The lowest BCUT2D eigenvalue weighted by Gasteiger charge is -1.99. The first-order valence-electron chi connectivity index (χ1n) is 4.08. The zero-order valence-corrected chi connectivity index (χ0v) is 7.50. The Morgan fingerprint density at radius 2 is 2.25 bits per heavy atom. The standard InChI is InChI=1S/C8H12N4/c1-5(2)7-4-9-8-10-6(3)11-12(7)8/h4-5H,1-3H3,(H,9,10,11). The Morgan fingerprint density at radius 3 is 2.92 bits per heavy atom. The van der Waals surface area contributed by atoms with Crippen molar-refractivity contribution in [3.05, 3.63) is 17.7 Å². The van der Waals surface area contributed by atoms with Crippen molar-refractivity contribution < 1.29 is 0 Å². The van der Waals surface area contributed by atoms with Crippen LogP contribution in [0.1, 0.15) is 31.3 Å². The van der Waals surface area contributed by atoms with Gasteiger partial charge in [0.25, 0.3) is 5.78 Å². The summed E-state index contributed by atoms with van der Waals surface area (Å²) in [6.45, 7) is 6.21. The lowest BCUT2D eigenvalue weighted by atomic mass is 10.2. The van der Waals surface area contributed by atoms with Crippen molar-refractivity contribution in [1.29, 1.82) is 0 Å². The smallest absolute Gasteiger partial charge is 0.250 e. The van der Waals surface area contributed by atoms with Gasteiger partial charge >= 0.3 is 0 Å². The van der Waals surface area contributed by atoms with Gasteiger partial charge in [0.05, 0.1) is 11.9 Å². The molecule has 0 aromatic carbocycles. The lowest BCUT2D eigenvalue weighted by Crippen LogP contribution is -1.95. The van der Waals surface area contributed by atoms with E-state index in [2.05, 4.69) is 28.9 Å². The SMILES string of the molecule is Cc1nc2ncc(C(C)C)n2[nH]1. The van der Waals surface area contributed by atoms with Gasteiger partial charge in [0.1, 0.15) is 5.82 Å². The van der Waals surface area contributed by atoms with Crippen LogP contribution >= 0.6 is 0 Å². The van der Waals surface area contributed by atoms with Crippen molar-refractivity contribution in [2.45, 2.75) is 26.7 Å². The molecule has 0 amide bonds. The highest BCUT2D eigenvalue weighted by atomic mass is 15.3. The molecule has 0 aliphatic carbocycles. The van der Waals surface area contributed by atoms with Gasteiger partial charge in [0, 0.05) is 0 Å². The molecule has 0 spiro atoms. The summed E-state index contributed by atoms with van der Waals surface area (Å²) in [5, 5.41) is 3.13. The largest absolute Gasteiger partial charge is 0.278 e. The highest BCUT2D eigenvalue weighted by Gasteiger charge is 2.08. The van der Waals surface area contributed by atoms with Crippen molar-refractivity contribution >= 4 is 5.78 Å². The summed E-state index contributed by atoms with van der Waals surface area (Å²) in [4.78, 5) is 8.39. The summed E-state index contributed by atoms with van der Waals surface area (Å²) in [6.07, 6.45) is 1.86. The average molecular weight is 164 g/mol. The van der Waals surface area contributed by atoms with Gasteiger partial charge in [0.15, 0.2) is 0 Å². The maximum Gasteiger partial charge on any atom is 0.250 e. The number of aromatic amines is 1. The minimum absolute atomic E-state index is 0.472. The molecule has 2 heterocycles. The maximum absolute atomic E-state index is 4.21. The van der Waals surface area contributed by atoms with Gasteiger partial charge in [-0.1, -0.05) is 13.8 Å². The molecular formula is C8H12N4. The first kappa shape index (κ1) is 7.34. The quantitative estimate of drug-likeness (QED) is 0.694. The summed E-state index contributed by atoms with van der Waals surface area (Å²) in [6, 6.07) is 0. The van der Waals surface area contributed by atoms with Gasteiger partial charge in [-0.15, -0.1) is 0 Å². The van der Waals surface area contributed by atoms with Gasteiger partial charge in [-0.25, -0.2) is 9.50 Å².